The Morgan fingerprint density at radius 2 is 1.95 bits per heavy atom. The molecule has 0 saturated heterocycles. The number of hydrogen-bond donors (Lipinski definition) is 3. The molecule has 0 unspecified atom stereocenters. The molecule has 0 atom stereocenters. The maximum absolute atomic E-state index is 11.8. The topological polar surface area (TPSA) is 61.4 Å². The molecule has 1 aliphatic carbocycles. The van der Waals surface area contributed by atoms with Crippen molar-refractivity contribution in [2.45, 2.75) is 25.7 Å². The van der Waals surface area contributed by atoms with E-state index in [0.717, 1.165) is 25.7 Å². The van der Waals surface area contributed by atoms with E-state index in [9.17, 15) is 9.90 Å². The molecule has 0 spiro atoms. The van der Waals surface area contributed by atoms with Gasteiger partial charge in [-0.1, -0.05) is 36.0 Å². The lowest BCUT2D eigenvalue weighted by Gasteiger charge is -2.26. The summed E-state index contributed by atoms with van der Waals surface area (Å²) in [6.07, 6.45) is 4.13. The van der Waals surface area contributed by atoms with E-state index >= 15 is 0 Å². The minimum Gasteiger partial charge on any atom is -0.396 e. The van der Waals surface area contributed by atoms with Gasteiger partial charge in [0.05, 0.1) is 16.7 Å². The normalized spacial score (nSPS) is 16.9. The molecule has 1 aromatic rings. The van der Waals surface area contributed by atoms with Gasteiger partial charge in [-0.2, -0.15) is 0 Å². The van der Waals surface area contributed by atoms with E-state index in [-0.39, 0.29) is 18.1 Å². The van der Waals surface area contributed by atoms with Crippen LogP contribution >= 0.6 is 23.2 Å². The standard InChI is InChI=1S/C14H18Cl2N2O2/c15-11-4-3-10(7-12(11)16)18-13(20)17-8-14(9-19)5-1-2-6-14/h3-4,7,19H,1-2,5-6,8-9H2,(H2,17,18,20). The van der Waals surface area contributed by atoms with Crippen molar-refractivity contribution in [1.29, 1.82) is 0 Å². The van der Waals surface area contributed by atoms with Gasteiger partial charge >= 0.3 is 6.03 Å². The van der Waals surface area contributed by atoms with Crippen molar-refractivity contribution in [2.75, 3.05) is 18.5 Å². The predicted molar refractivity (Wildman–Crippen MR) is 81.5 cm³/mol. The number of carbonyl (C=O) groups is 1. The third-order valence-corrected chi connectivity index (χ3v) is 4.54. The summed E-state index contributed by atoms with van der Waals surface area (Å²) in [5.74, 6) is 0. The summed E-state index contributed by atoms with van der Waals surface area (Å²) in [4.78, 5) is 11.8. The number of aliphatic hydroxyl groups excluding tert-OH is 1. The zero-order chi connectivity index (χ0) is 14.6. The molecule has 0 bridgehead atoms. The summed E-state index contributed by atoms with van der Waals surface area (Å²) in [5.41, 5.74) is 0.427. The van der Waals surface area contributed by atoms with Crippen molar-refractivity contribution < 1.29 is 9.90 Å². The second kappa shape index (κ2) is 6.66. The van der Waals surface area contributed by atoms with Crippen molar-refractivity contribution in [2.24, 2.45) is 5.41 Å². The van der Waals surface area contributed by atoms with Gasteiger partial charge < -0.3 is 15.7 Å². The number of benzene rings is 1. The van der Waals surface area contributed by atoms with Crippen molar-refractivity contribution in [1.82, 2.24) is 5.32 Å². The number of carbonyl (C=O) groups excluding carboxylic acids is 1. The Labute approximate surface area is 128 Å². The zero-order valence-electron chi connectivity index (χ0n) is 11.1. The van der Waals surface area contributed by atoms with Crippen LogP contribution in [0, 0.1) is 5.41 Å². The molecule has 6 heteroatoms. The largest absolute Gasteiger partial charge is 0.396 e. The maximum atomic E-state index is 11.8. The lowest BCUT2D eigenvalue weighted by molar-refractivity contribution is 0.130. The summed E-state index contributed by atoms with van der Waals surface area (Å²) >= 11 is 11.7. The third-order valence-electron chi connectivity index (χ3n) is 3.80. The van der Waals surface area contributed by atoms with Gasteiger partial charge in [-0.15, -0.1) is 0 Å². The van der Waals surface area contributed by atoms with Gasteiger partial charge in [0.25, 0.3) is 0 Å². The van der Waals surface area contributed by atoms with E-state index in [1.807, 2.05) is 0 Å². The molecule has 110 valence electrons. The first-order chi connectivity index (χ1) is 9.54. The lowest BCUT2D eigenvalue weighted by Crippen LogP contribution is -2.40. The molecule has 2 amide bonds. The van der Waals surface area contributed by atoms with Crippen LogP contribution in [0.3, 0.4) is 0 Å². The smallest absolute Gasteiger partial charge is 0.319 e. The van der Waals surface area contributed by atoms with Gasteiger partial charge in [-0.3, -0.25) is 0 Å². The highest BCUT2D eigenvalue weighted by Gasteiger charge is 2.33. The number of hydrogen-bond acceptors (Lipinski definition) is 2. The van der Waals surface area contributed by atoms with Crippen LogP contribution in [0.4, 0.5) is 10.5 Å². The minimum atomic E-state index is -0.303. The average Bonchev–Trinajstić information content (AvgIpc) is 2.90. The SMILES string of the molecule is O=C(NCC1(CO)CCCC1)Nc1ccc(Cl)c(Cl)c1. The van der Waals surface area contributed by atoms with E-state index in [4.69, 9.17) is 23.2 Å². The first kappa shape index (κ1) is 15.4. The summed E-state index contributed by atoms with van der Waals surface area (Å²) in [7, 11) is 0. The van der Waals surface area contributed by atoms with Crippen LogP contribution in [-0.4, -0.2) is 24.3 Å². The highest BCUT2D eigenvalue weighted by Crippen LogP contribution is 2.36. The molecule has 3 N–H and O–H groups in total. The second-order valence-electron chi connectivity index (χ2n) is 5.30. The Morgan fingerprint density at radius 1 is 1.25 bits per heavy atom. The van der Waals surface area contributed by atoms with Crippen LogP contribution in [0.1, 0.15) is 25.7 Å². The molecule has 2 rings (SSSR count). The van der Waals surface area contributed by atoms with Crippen LogP contribution in [0.5, 0.6) is 0 Å². The Kier molecular flexibility index (Phi) is 5.13. The maximum Gasteiger partial charge on any atom is 0.319 e. The molecule has 1 aliphatic rings. The molecule has 0 aliphatic heterocycles. The van der Waals surface area contributed by atoms with E-state index in [0.29, 0.717) is 22.3 Å². The molecular weight excluding hydrogens is 299 g/mol. The molecule has 4 nitrogen and oxygen atoms in total. The van der Waals surface area contributed by atoms with Crippen molar-refractivity contribution in [3.8, 4) is 0 Å². The van der Waals surface area contributed by atoms with E-state index in [2.05, 4.69) is 10.6 Å². The Morgan fingerprint density at radius 3 is 2.55 bits per heavy atom. The predicted octanol–water partition coefficient (Wildman–Crippen LogP) is 3.67. The summed E-state index contributed by atoms with van der Waals surface area (Å²) in [6, 6.07) is 4.61. The van der Waals surface area contributed by atoms with Crippen LogP contribution in [0.25, 0.3) is 0 Å². The van der Waals surface area contributed by atoms with Crippen LogP contribution < -0.4 is 10.6 Å². The number of rotatable bonds is 4. The molecular formula is C14H18Cl2N2O2. The van der Waals surface area contributed by atoms with Gasteiger partial charge in [0, 0.05) is 17.6 Å². The fourth-order valence-corrected chi connectivity index (χ4v) is 2.83. The molecule has 20 heavy (non-hydrogen) atoms. The minimum absolute atomic E-state index is 0.111. The van der Waals surface area contributed by atoms with Gasteiger partial charge in [0.15, 0.2) is 0 Å². The van der Waals surface area contributed by atoms with Gasteiger partial charge in [-0.25, -0.2) is 4.79 Å². The Hall–Kier alpha value is -0.970. The fourth-order valence-electron chi connectivity index (χ4n) is 2.53. The number of nitrogens with one attached hydrogen (secondary N) is 2. The lowest BCUT2D eigenvalue weighted by atomic mass is 9.87. The number of anilines is 1. The molecule has 1 saturated carbocycles. The first-order valence-corrected chi connectivity index (χ1v) is 7.41. The summed E-state index contributed by atoms with van der Waals surface area (Å²) in [5, 5.41) is 15.8. The Bertz CT molecular complexity index is 488. The second-order valence-corrected chi connectivity index (χ2v) is 6.12. The van der Waals surface area contributed by atoms with Crippen molar-refractivity contribution in [3.63, 3.8) is 0 Å². The highest BCUT2D eigenvalue weighted by molar-refractivity contribution is 6.42. The average molecular weight is 317 g/mol. The van der Waals surface area contributed by atoms with Gasteiger partial charge in [0.2, 0.25) is 0 Å². The van der Waals surface area contributed by atoms with Gasteiger partial charge in [0.1, 0.15) is 0 Å². The number of urea groups is 1. The molecule has 1 aromatic carbocycles. The molecule has 1 fully saturated rings. The summed E-state index contributed by atoms with van der Waals surface area (Å²) < 4.78 is 0. The number of amides is 2. The number of halogens is 2. The first-order valence-electron chi connectivity index (χ1n) is 6.65. The van der Waals surface area contributed by atoms with Crippen LogP contribution in [0.15, 0.2) is 18.2 Å². The molecule has 0 heterocycles. The van der Waals surface area contributed by atoms with Gasteiger partial charge in [-0.05, 0) is 31.0 Å². The van der Waals surface area contributed by atoms with Crippen LogP contribution in [0.2, 0.25) is 10.0 Å². The highest BCUT2D eigenvalue weighted by atomic mass is 35.5. The number of aliphatic hydroxyl groups is 1. The molecule has 0 aromatic heterocycles. The van der Waals surface area contributed by atoms with Crippen molar-refractivity contribution >= 4 is 34.9 Å². The van der Waals surface area contributed by atoms with E-state index in [1.54, 1.807) is 18.2 Å². The van der Waals surface area contributed by atoms with E-state index < -0.39 is 0 Å². The Balaban J connectivity index is 1.87. The van der Waals surface area contributed by atoms with Crippen molar-refractivity contribution in [3.05, 3.63) is 28.2 Å². The van der Waals surface area contributed by atoms with Crippen LogP contribution in [-0.2, 0) is 0 Å². The molecule has 0 radical (unpaired) electrons. The van der Waals surface area contributed by atoms with E-state index in [1.165, 1.54) is 0 Å². The third kappa shape index (κ3) is 3.78. The summed E-state index contributed by atoms with van der Waals surface area (Å²) in [6.45, 7) is 0.594. The fraction of sp³-hybridized carbons (Fsp3) is 0.500. The zero-order valence-corrected chi connectivity index (χ0v) is 12.6. The quantitative estimate of drug-likeness (QED) is 0.793. The monoisotopic (exact) mass is 316 g/mol.